The Kier molecular flexibility index (Phi) is 46.7. The quantitative estimate of drug-likeness (QED) is 0.485. The summed E-state index contributed by atoms with van der Waals surface area (Å²) in [7, 11) is 0. The van der Waals surface area contributed by atoms with Crippen LogP contribution in [-0.4, -0.2) is 0 Å². The maximum atomic E-state index is 7.56. The predicted molar refractivity (Wildman–Crippen MR) is 22.0 cm³/mol. The Bertz CT molecular complexity index is 37.3. The first kappa shape index (κ1) is 16.0. The van der Waals surface area contributed by atoms with E-state index in [0.29, 0.717) is 6.42 Å². The Balaban J connectivity index is -0.0000000450. The zero-order valence-corrected chi connectivity index (χ0v) is 6.78. The van der Waals surface area contributed by atoms with Gasteiger partial charge in [0, 0.05) is 38.8 Å². The number of hydrogen-bond donors (Lipinski definition) is 0. The van der Waals surface area contributed by atoms with Gasteiger partial charge in [-0.25, -0.2) is 5.26 Å². The second kappa shape index (κ2) is 17.5. The number of nitrogens with zero attached hydrogens (tertiary/aromatic N) is 1. The standard InChI is InChI=1S/C3H4N.CH3.Y/c1-2-3-4;;/h1-2H2;1H3;/q2*-1;. The van der Waals surface area contributed by atoms with Crippen molar-refractivity contribution in [1.82, 2.24) is 0 Å². The number of rotatable bonds is 0. The van der Waals surface area contributed by atoms with Crippen LogP contribution in [-0.2, 0) is 32.7 Å². The average Bonchev–Trinajstić information content (AvgIpc) is 1.37. The van der Waals surface area contributed by atoms with Crippen LogP contribution in [0, 0.1) is 25.7 Å². The van der Waals surface area contributed by atoms with Gasteiger partial charge in [0.2, 0.25) is 0 Å². The van der Waals surface area contributed by atoms with Gasteiger partial charge >= 0.3 is 0 Å². The van der Waals surface area contributed by atoms with E-state index >= 15 is 0 Å². The molecule has 0 aliphatic rings. The van der Waals surface area contributed by atoms with E-state index in [1.807, 2.05) is 6.07 Å². The summed E-state index contributed by atoms with van der Waals surface area (Å²) in [6, 6.07) is 1.82. The van der Waals surface area contributed by atoms with E-state index in [1.165, 1.54) is 0 Å². The van der Waals surface area contributed by atoms with Crippen molar-refractivity contribution in [3.63, 3.8) is 0 Å². The van der Waals surface area contributed by atoms with Crippen LogP contribution < -0.4 is 0 Å². The molecule has 0 saturated heterocycles. The molecule has 0 aromatic carbocycles. The monoisotopic (exact) mass is 158 g/mol. The van der Waals surface area contributed by atoms with Crippen molar-refractivity contribution in [3.05, 3.63) is 14.4 Å². The zero-order valence-electron chi connectivity index (χ0n) is 3.94. The molecule has 0 saturated carbocycles. The van der Waals surface area contributed by atoms with Gasteiger partial charge in [-0.15, -0.1) is 0 Å². The molecule has 0 unspecified atom stereocenters. The molecular formula is C4H7NY-2. The van der Waals surface area contributed by atoms with Crippen LogP contribution in [0.5, 0.6) is 0 Å². The van der Waals surface area contributed by atoms with Gasteiger partial charge in [0.05, 0.1) is 0 Å². The molecule has 0 bridgehead atoms. The minimum atomic E-state index is 0. The second-order valence-corrected chi connectivity index (χ2v) is 0.408. The first-order chi connectivity index (χ1) is 1.91. The summed E-state index contributed by atoms with van der Waals surface area (Å²) in [5, 5.41) is 7.56. The molecule has 6 heavy (non-hydrogen) atoms. The van der Waals surface area contributed by atoms with Gasteiger partial charge in [0.1, 0.15) is 0 Å². The number of nitriles is 1. The first-order valence-electron chi connectivity index (χ1n) is 1.08. The van der Waals surface area contributed by atoms with Gasteiger partial charge in [-0.3, -0.25) is 0 Å². The molecule has 0 heterocycles. The van der Waals surface area contributed by atoms with Crippen molar-refractivity contribution in [2.24, 2.45) is 0 Å². The predicted octanol–water partition coefficient (Wildman–Crippen LogP) is 1.18. The molecule has 0 fully saturated rings. The molecular weight excluding hydrogens is 151 g/mol. The fourth-order valence-electron chi connectivity index (χ4n) is 0. The molecule has 0 aliphatic heterocycles. The van der Waals surface area contributed by atoms with Gasteiger partial charge < -0.3 is 14.4 Å². The molecule has 0 atom stereocenters. The fourth-order valence-corrected chi connectivity index (χ4v) is 0. The largest absolute Gasteiger partial charge is 0.358 e. The molecule has 0 amide bonds. The van der Waals surface area contributed by atoms with Crippen molar-refractivity contribution >= 4 is 0 Å². The summed E-state index contributed by atoms with van der Waals surface area (Å²) in [4.78, 5) is 0. The molecule has 0 N–H and O–H groups in total. The summed E-state index contributed by atoms with van der Waals surface area (Å²) < 4.78 is 0. The van der Waals surface area contributed by atoms with Crippen molar-refractivity contribution in [2.45, 2.75) is 6.42 Å². The van der Waals surface area contributed by atoms with E-state index < -0.39 is 0 Å². The summed E-state index contributed by atoms with van der Waals surface area (Å²) in [6.45, 7) is 3.24. The van der Waals surface area contributed by atoms with Gasteiger partial charge in [-0.05, 0) is 0 Å². The van der Waals surface area contributed by atoms with Crippen LogP contribution in [0.25, 0.3) is 0 Å². The van der Waals surface area contributed by atoms with Crippen molar-refractivity contribution in [2.75, 3.05) is 0 Å². The molecule has 1 radical (unpaired) electrons. The van der Waals surface area contributed by atoms with Crippen LogP contribution in [0.2, 0.25) is 0 Å². The van der Waals surface area contributed by atoms with Crippen LogP contribution in [0.4, 0.5) is 0 Å². The van der Waals surface area contributed by atoms with Crippen LogP contribution >= 0.6 is 0 Å². The first-order valence-corrected chi connectivity index (χ1v) is 1.08. The molecule has 0 aliphatic carbocycles. The molecule has 0 rings (SSSR count). The zero-order chi connectivity index (χ0) is 3.41. The third-order valence-corrected chi connectivity index (χ3v) is 0.112. The van der Waals surface area contributed by atoms with Gasteiger partial charge in [-0.1, -0.05) is 6.42 Å². The maximum Gasteiger partial charge on any atom is 0.0292 e. The fraction of sp³-hybridized carbons (Fsp3) is 0.250. The van der Waals surface area contributed by atoms with Crippen LogP contribution in [0.15, 0.2) is 0 Å². The summed E-state index contributed by atoms with van der Waals surface area (Å²) in [5.74, 6) is 0. The van der Waals surface area contributed by atoms with Gasteiger partial charge in [0.25, 0.3) is 0 Å². The van der Waals surface area contributed by atoms with E-state index in [4.69, 9.17) is 5.26 Å². The normalized spacial score (nSPS) is 3.33. The Hall–Kier alpha value is 0.594. The molecule has 33 valence electrons. The Morgan fingerprint density at radius 3 is 1.83 bits per heavy atom. The number of hydrogen-bond acceptors (Lipinski definition) is 1. The van der Waals surface area contributed by atoms with E-state index in [2.05, 4.69) is 6.92 Å². The second-order valence-electron chi connectivity index (χ2n) is 0.408. The summed E-state index contributed by atoms with van der Waals surface area (Å²) in [6.07, 6.45) is 0.375. The summed E-state index contributed by atoms with van der Waals surface area (Å²) in [5.41, 5.74) is 0. The molecule has 0 aromatic heterocycles. The molecule has 2 heteroatoms. The topological polar surface area (TPSA) is 23.8 Å². The van der Waals surface area contributed by atoms with E-state index in [1.54, 1.807) is 0 Å². The minimum Gasteiger partial charge on any atom is -0.358 e. The molecule has 1 nitrogen and oxygen atoms in total. The van der Waals surface area contributed by atoms with Crippen LogP contribution in [0.3, 0.4) is 0 Å². The third-order valence-electron chi connectivity index (χ3n) is 0.112. The Labute approximate surface area is 64.6 Å². The van der Waals surface area contributed by atoms with E-state index in [-0.39, 0.29) is 40.1 Å². The van der Waals surface area contributed by atoms with Crippen molar-refractivity contribution in [1.29, 1.82) is 5.26 Å². The van der Waals surface area contributed by atoms with Crippen molar-refractivity contribution < 1.29 is 32.7 Å². The SMILES string of the molecule is [CH2-]CC#N.[CH3-].[Y]. The smallest absolute Gasteiger partial charge is 0.0292 e. The third kappa shape index (κ3) is 23.4. The Morgan fingerprint density at radius 1 is 1.67 bits per heavy atom. The maximum absolute atomic E-state index is 7.56. The molecule has 0 spiro atoms. The van der Waals surface area contributed by atoms with E-state index in [9.17, 15) is 0 Å². The van der Waals surface area contributed by atoms with Gasteiger partial charge in [-0.2, -0.15) is 0 Å². The van der Waals surface area contributed by atoms with Gasteiger partial charge in [0.15, 0.2) is 0 Å². The molecule has 0 aromatic rings. The van der Waals surface area contributed by atoms with Crippen molar-refractivity contribution in [3.8, 4) is 6.07 Å². The van der Waals surface area contributed by atoms with E-state index in [0.717, 1.165) is 0 Å². The van der Waals surface area contributed by atoms with Crippen LogP contribution in [0.1, 0.15) is 6.42 Å². The minimum absolute atomic E-state index is 0. The summed E-state index contributed by atoms with van der Waals surface area (Å²) >= 11 is 0. The Morgan fingerprint density at radius 2 is 1.83 bits per heavy atom. The average molecular weight is 158 g/mol.